The van der Waals surface area contributed by atoms with Crippen molar-refractivity contribution in [2.45, 2.75) is 33.2 Å². The Morgan fingerprint density at radius 3 is 1.80 bits per heavy atom. The van der Waals surface area contributed by atoms with Gasteiger partial charge in [0, 0.05) is 11.6 Å². The van der Waals surface area contributed by atoms with Crippen LogP contribution in [-0.2, 0) is 4.79 Å². The lowest BCUT2D eigenvalue weighted by atomic mass is 9.74. The van der Waals surface area contributed by atoms with E-state index in [2.05, 4.69) is 0 Å². The molecular weight excluding hydrogens is 276 g/mol. The third kappa shape index (κ3) is 2.77. The van der Waals surface area contributed by atoms with Crippen molar-refractivity contribution in [3.63, 3.8) is 0 Å². The molecule has 20 heavy (non-hydrogen) atoms. The maximum absolute atomic E-state index is 13.5. The summed E-state index contributed by atoms with van der Waals surface area (Å²) in [5, 5.41) is 1.86. The van der Waals surface area contributed by atoms with Crippen LogP contribution in [-0.4, -0.2) is 11.4 Å². The van der Waals surface area contributed by atoms with Gasteiger partial charge in [-0.15, -0.1) is 0 Å². The molecule has 1 rings (SSSR count). The Labute approximate surface area is 114 Å². The van der Waals surface area contributed by atoms with Crippen LogP contribution in [0.4, 0.5) is 23.2 Å². The molecule has 3 nitrogen and oxygen atoms in total. The summed E-state index contributed by atoms with van der Waals surface area (Å²) in [6.45, 7) is 6.00. The number of amides is 1. The number of rotatable bonds is 3. The first-order valence-corrected chi connectivity index (χ1v) is 5.83. The van der Waals surface area contributed by atoms with Crippen molar-refractivity contribution in [3.05, 3.63) is 29.3 Å². The number of nitrogens with two attached hydrogens (primary N) is 1. The number of halogens is 4. The van der Waals surface area contributed by atoms with Crippen LogP contribution in [0.3, 0.4) is 0 Å². The summed E-state index contributed by atoms with van der Waals surface area (Å²) < 4.78 is 53.0. The Hall–Kier alpha value is -1.63. The molecule has 112 valence electrons. The van der Waals surface area contributed by atoms with E-state index in [9.17, 15) is 22.4 Å². The van der Waals surface area contributed by atoms with Crippen LogP contribution in [0.15, 0.2) is 6.07 Å². The normalized spacial score (nSPS) is 12.4. The molecule has 0 saturated heterocycles. The van der Waals surface area contributed by atoms with Crippen LogP contribution in [0.2, 0.25) is 0 Å². The standard InChI is InChI=1S/C13H16F4N2O/c1-12(2,13(3,4)18)11(20)19-10-8(16)6(14)5-7(15)9(10)17/h5H,18H2,1-4H3,(H,19,20). The predicted octanol–water partition coefficient (Wildman–Crippen LogP) is 2.95. The van der Waals surface area contributed by atoms with Crippen molar-refractivity contribution in [3.8, 4) is 0 Å². The molecule has 0 aliphatic rings. The number of carbonyl (C=O) groups is 1. The van der Waals surface area contributed by atoms with Gasteiger partial charge in [0.15, 0.2) is 23.3 Å². The van der Waals surface area contributed by atoms with Crippen molar-refractivity contribution in [2.75, 3.05) is 5.32 Å². The molecule has 7 heteroatoms. The fourth-order valence-electron chi connectivity index (χ4n) is 1.25. The van der Waals surface area contributed by atoms with Crippen LogP contribution in [0.1, 0.15) is 27.7 Å². The van der Waals surface area contributed by atoms with Crippen molar-refractivity contribution < 1.29 is 22.4 Å². The Morgan fingerprint density at radius 2 is 1.45 bits per heavy atom. The van der Waals surface area contributed by atoms with E-state index < -0.39 is 45.8 Å². The number of hydrogen-bond acceptors (Lipinski definition) is 2. The summed E-state index contributed by atoms with van der Waals surface area (Å²) in [5.74, 6) is -7.37. The zero-order chi connectivity index (χ0) is 15.9. The average molecular weight is 292 g/mol. The highest BCUT2D eigenvalue weighted by molar-refractivity contribution is 5.96. The minimum atomic E-state index is -1.66. The summed E-state index contributed by atoms with van der Waals surface area (Å²) in [6, 6.07) is 0.0678. The highest BCUT2D eigenvalue weighted by Crippen LogP contribution is 2.31. The second-order valence-electron chi connectivity index (χ2n) is 5.64. The molecule has 0 fully saturated rings. The van der Waals surface area contributed by atoms with Gasteiger partial charge in [-0.05, 0) is 27.7 Å². The lowest BCUT2D eigenvalue weighted by Gasteiger charge is -2.36. The second kappa shape index (κ2) is 5.05. The molecule has 1 aromatic rings. The van der Waals surface area contributed by atoms with Crippen molar-refractivity contribution >= 4 is 11.6 Å². The fourth-order valence-corrected chi connectivity index (χ4v) is 1.25. The highest BCUT2D eigenvalue weighted by atomic mass is 19.2. The van der Waals surface area contributed by atoms with Crippen LogP contribution in [0.25, 0.3) is 0 Å². The van der Waals surface area contributed by atoms with Gasteiger partial charge in [-0.3, -0.25) is 4.79 Å². The Kier molecular flexibility index (Phi) is 4.14. The summed E-state index contributed by atoms with van der Waals surface area (Å²) in [5.41, 5.74) is 2.40. The minimum Gasteiger partial charge on any atom is -0.325 e. The van der Waals surface area contributed by atoms with Gasteiger partial charge < -0.3 is 11.1 Å². The lowest BCUT2D eigenvalue weighted by Crippen LogP contribution is -2.53. The van der Waals surface area contributed by atoms with Gasteiger partial charge in [-0.1, -0.05) is 0 Å². The van der Waals surface area contributed by atoms with Crippen molar-refractivity contribution in [2.24, 2.45) is 11.1 Å². The monoisotopic (exact) mass is 292 g/mol. The van der Waals surface area contributed by atoms with Gasteiger partial charge in [0.05, 0.1) is 5.41 Å². The smallest absolute Gasteiger partial charge is 0.232 e. The van der Waals surface area contributed by atoms with E-state index in [0.717, 1.165) is 0 Å². The molecule has 0 bridgehead atoms. The van der Waals surface area contributed by atoms with E-state index >= 15 is 0 Å². The van der Waals surface area contributed by atoms with Crippen LogP contribution in [0.5, 0.6) is 0 Å². The predicted molar refractivity (Wildman–Crippen MR) is 67.0 cm³/mol. The zero-order valence-corrected chi connectivity index (χ0v) is 11.6. The van der Waals surface area contributed by atoms with Crippen molar-refractivity contribution in [1.29, 1.82) is 0 Å². The van der Waals surface area contributed by atoms with Gasteiger partial charge in [-0.2, -0.15) is 0 Å². The van der Waals surface area contributed by atoms with E-state index in [1.807, 2.05) is 5.32 Å². The molecule has 0 aliphatic carbocycles. The minimum absolute atomic E-state index is 0.0678. The topological polar surface area (TPSA) is 55.1 Å². The maximum atomic E-state index is 13.5. The fraction of sp³-hybridized carbons (Fsp3) is 0.462. The molecule has 3 N–H and O–H groups in total. The molecule has 0 spiro atoms. The van der Waals surface area contributed by atoms with Gasteiger partial charge in [0.25, 0.3) is 0 Å². The molecule has 0 radical (unpaired) electrons. The Morgan fingerprint density at radius 1 is 1.05 bits per heavy atom. The van der Waals surface area contributed by atoms with E-state index in [4.69, 9.17) is 5.73 Å². The lowest BCUT2D eigenvalue weighted by molar-refractivity contribution is -0.126. The molecule has 0 aromatic heterocycles. The largest absolute Gasteiger partial charge is 0.325 e. The SMILES string of the molecule is CC(C)(N)C(C)(C)C(=O)Nc1c(F)c(F)cc(F)c1F. The first-order chi connectivity index (χ1) is 8.89. The summed E-state index contributed by atoms with van der Waals surface area (Å²) in [4.78, 5) is 12.0. The Bertz CT molecular complexity index is 524. The van der Waals surface area contributed by atoms with E-state index in [0.29, 0.717) is 0 Å². The van der Waals surface area contributed by atoms with Crippen LogP contribution in [0, 0.1) is 28.7 Å². The first-order valence-electron chi connectivity index (χ1n) is 5.83. The number of hydrogen-bond donors (Lipinski definition) is 2. The summed E-state index contributed by atoms with van der Waals surface area (Å²) in [7, 11) is 0. The highest BCUT2D eigenvalue weighted by Gasteiger charge is 2.41. The molecule has 0 saturated carbocycles. The van der Waals surface area contributed by atoms with Crippen molar-refractivity contribution in [1.82, 2.24) is 0 Å². The molecular formula is C13H16F4N2O. The molecule has 0 unspecified atom stereocenters. The Balaban J connectivity index is 3.22. The molecule has 1 aromatic carbocycles. The van der Waals surface area contributed by atoms with Gasteiger partial charge in [0.1, 0.15) is 5.69 Å². The number of anilines is 1. The molecule has 1 amide bonds. The zero-order valence-electron chi connectivity index (χ0n) is 11.6. The second-order valence-corrected chi connectivity index (χ2v) is 5.64. The summed E-state index contributed by atoms with van der Waals surface area (Å²) in [6.07, 6.45) is 0. The van der Waals surface area contributed by atoms with E-state index in [1.54, 1.807) is 13.8 Å². The van der Waals surface area contributed by atoms with Crippen LogP contribution < -0.4 is 11.1 Å². The maximum Gasteiger partial charge on any atom is 0.232 e. The quantitative estimate of drug-likeness (QED) is 0.665. The van der Waals surface area contributed by atoms with Gasteiger partial charge in [-0.25, -0.2) is 17.6 Å². The van der Waals surface area contributed by atoms with Crippen LogP contribution >= 0.6 is 0 Å². The molecule has 0 aliphatic heterocycles. The summed E-state index contributed by atoms with van der Waals surface area (Å²) >= 11 is 0. The number of benzene rings is 1. The number of carbonyl (C=O) groups excluding carboxylic acids is 1. The third-order valence-corrected chi connectivity index (χ3v) is 3.53. The third-order valence-electron chi connectivity index (χ3n) is 3.53. The molecule has 0 heterocycles. The first kappa shape index (κ1) is 16.4. The van der Waals surface area contributed by atoms with Gasteiger partial charge in [0.2, 0.25) is 5.91 Å². The van der Waals surface area contributed by atoms with Gasteiger partial charge >= 0.3 is 0 Å². The molecule has 0 atom stereocenters. The van der Waals surface area contributed by atoms with E-state index in [-0.39, 0.29) is 6.07 Å². The average Bonchev–Trinajstić information content (AvgIpc) is 2.30. The van der Waals surface area contributed by atoms with E-state index in [1.165, 1.54) is 13.8 Å². The number of nitrogens with one attached hydrogen (secondary N) is 1.